The van der Waals surface area contributed by atoms with E-state index in [-0.39, 0.29) is 17.1 Å². The van der Waals surface area contributed by atoms with Gasteiger partial charge in [-0.3, -0.25) is 9.59 Å². The van der Waals surface area contributed by atoms with Crippen LogP contribution in [-0.4, -0.2) is 28.0 Å². The summed E-state index contributed by atoms with van der Waals surface area (Å²) in [6, 6.07) is 19.0. The van der Waals surface area contributed by atoms with E-state index in [0.717, 1.165) is 11.1 Å². The molecule has 0 fully saturated rings. The minimum absolute atomic E-state index is 0.143. The first-order chi connectivity index (χ1) is 16.3. The van der Waals surface area contributed by atoms with Crippen LogP contribution in [0.25, 0.3) is 11.4 Å². The third-order valence-electron chi connectivity index (χ3n) is 5.13. The van der Waals surface area contributed by atoms with E-state index in [4.69, 9.17) is 8.94 Å². The zero-order valence-corrected chi connectivity index (χ0v) is 19.2. The maximum Gasteiger partial charge on any atom is 0.287 e. The number of carbonyl (C=O) groups is 2. The van der Waals surface area contributed by atoms with Crippen molar-refractivity contribution in [1.82, 2.24) is 15.5 Å². The van der Waals surface area contributed by atoms with Gasteiger partial charge >= 0.3 is 0 Å². The molecule has 0 bridgehead atoms. The van der Waals surface area contributed by atoms with Crippen molar-refractivity contribution in [3.05, 3.63) is 90.2 Å². The van der Waals surface area contributed by atoms with Crippen LogP contribution in [0, 0.1) is 0 Å². The summed E-state index contributed by atoms with van der Waals surface area (Å²) in [4.78, 5) is 30.1. The Morgan fingerprint density at radius 3 is 2.32 bits per heavy atom. The van der Waals surface area contributed by atoms with E-state index < -0.39 is 11.9 Å². The standard InChI is InChI=1S/C26H26N4O4/c1-26(2,3)25-29-22(30-34-25)18-11-13-19(14-12-18)27-23(31)20(16-17-8-5-4-6-9-17)28-24(32)21-10-7-15-33-21/h4-15,20H,16H2,1-3H3,(H,27,31)(H,28,32). The Hall–Kier alpha value is -4.20. The Labute approximate surface area is 197 Å². The second-order valence-corrected chi connectivity index (χ2v) is 8.93. The van der Waals surface area contributed by atoms with Crippen molar-refractivity contribution in [2.75, 3.05) is 5.32 Å². The van der Waals surface area contributed by atoms with Crippen LogP contribution in [-0.2, 0) is 16.6 Å². The largest absolute Gasteiger partial charge is 0.459 e. The molecule has 2 aromatic carbocycles. The summed E-state index contributed by atoms with van der Waals surface area (Å²) >= 11 is 0. The van der Waals surface area contributed by atoms with E-state index in [2.05, 4.69) is 20.8 Å². The van der Waals surface area contributed by atoms with Crippen LogP contribution in [0.1, 0.15) is 42.8 Å². The average molecular weight is 459 g/mol. The lowest BCUT2D eigenvalue weighted by Gasteiger charge is -2.18. The Balaban J connectivity index is 1.47. The number of amides is 2. The number of furan rings is 1. The van der Waals surface area contributed by atoms with E-state index in [0.29, 0.717) is 23.8 Å². The highest BCUT2D eigenvalue weighted by atomic mass is 16.5. The van der Waals surface area contributed by atoms with Crippen molar-refractivity contribution < 1.29 is 18.5 Å². The zero-order valence-electron chi connectivity index (χ0n) is 19.2. The average Bonchev–Trinajstić information content (AvgIpc) is 3.52. The summed E-state index contributed by atoms with van der Waals surface area (Å²) < 4.78 is 10.5. The van der Waals surface area contributed by atoms with Gasteiger partial charge in [0.05, 0.1) is 6.26 Å². The van der Waals surface area contributed by atoms with Gasteiger partial charge in [0.2, 0.25) is 17.6 Å². The normalized spacial score (nSPS) is 12.2. The molecule has 1 atom stereocenters. The Bertz CT molecular complexity index is 1240. The van der Waals surface area contributed by atoms with Crippen LogP contribution in [0.2, 0.25) is 0 Å². The van der Waals surface area contributed by atoms with Crippen molar-refractivity contribution in [3.8, 4) is 11.4 Å². The first-order valence-electron chi connectivity index (χ1n) is 10.9. The van der Waals surface area contributed by atoms with E-state index in [1.54, 1.807) is 36.4 Å². The topological polar surface area (TPSA) is 110 Å². The van der Waals surface area contributed by atoms with Gasteiger partial charge in [-0.2, -0.15) is 4.98 Å². The number of rotatable bonds is 7. The minimum atomic E-state index is -0.800. The van der Waals surface area contributed by atoms with Crippen LogP contribution in [0.3, 0.4) is 0 Å². The molecule has 0 radical (unpaired) electrons. The van der Waals surface area contributed by atoms with Crippen molar-refractivity contribution in [3.63, 3.8) is 0 Å². The van der Waals surface area contributed by atoms with Gasteiger partial charge in [-0.05, 0) is 42.0 Å². The van der Waals surface area contributed by atoms with E-state index in [1.807, 2.05) is 51.1 Å². The van der Waals surface area contributed by atoms with Crippen LogP contribution in [0.4, 0.5) is 5.69 Å². The van der Waals surface area contributed by atoms with Crippen LogP contribution >= 0.6 is 0 Å². The Morgan fingerprint density at radius 1 is 0.971 bits per heavy atom. The molecular weight excluding hydrogens is 432 g/mol. The van der Waals surface area contributed by atoms with Crippen molar-refractivity contribution >= 4 is 17.5 Å². The number of hydrogen-bond donors (Lipinski definition) is 2. The molecule has 0 saturated heterocycles. The monoisotopic (exact) mass is 458 g/mol. The van der Waals surface area contributed by atoms with Gasteiger partial charge in [0.15, 0.2) is 5.76 Å². The number of hydrogen-bond acceptors (Lipinski definition) is 6. The summed E-state index contributed by atoms with van der Waals surface area (Å²) in [5.41, 5.74) is 2.03. The van der Waals surface area contributed by atoms with Crippen LogP contribution < -0.4 is 10.6 Å². The molecule has 174 valence electrons. The van der Waals surface area contributed by atoms with Crippen LogP contribution in [0.15, 0.2) is 81.9 Å². The fraction of sp³-hybridized carbons (Fsp3) is 0.231. The summed E-state index contributed by atoms with van der Waals surface area (Å²) in [6.07, 6.45) is 1.74. The predicted octanol–water partition coefficient (Wildman–Crippen LogP) is 4.61. The fourth-order valence-electron chi connectivity index (χ4n) is 3.27. The molecule has 1 unspecified atom stereocenters. The molecule has 4 rings (SSSR count). The molecule has 8 nitrogen and oxygen atoms in total. The molecule has 0 aliphatic heterocycles. The van der Waals surface area contributed by atoms with Crippen molar-refractivity contribution in [2.45, 2.75) is 38.6 Å². The second kappa shape index (κ2) is 9.74. The Kier molecular flexibility index (Phi) is 6.58. The maximum atomic E-state index is 13.1. The van der Waals surface area contributed by atoms with Gasteiger partial charge in [-0.25, -0.2) is 0 Å². The van der Waals surface area contributed by atoms with Gasteiger partial charge in [0.25, 0.3) is 5.91 Å². The Morgan fingerprint density at radius 2 is 1.71 bits per heavy atom. The first-order valence-corrected chi connectivity index (χ1v) is 10.9. The number of benzene rings is 2. The molecular formula is C26H26N4O4. The lowest BCUT2D eigenvalue weighted by Crippen LogP contribution is -2.45. The van der Waals surface area contributed by atoms with Gasteiger partial charge in [0, 0.05) is 23.1 Å². The molecule has 8 heteroatoms. The van der Waals surface area contributed by atoms with Crippen molar-refractivity contribution in [1.29, 1.82) is 0 Å². The lowest BCUT2D eigenvalue weighted by atomic mass is 9.97. The molecule has 0 aliphatic carbocycles. The molecule has 0 aliphatic rings. The SMILES string of the molecule is CC(C)(C)c1nc(-c2ccc(NC(=O)C(Cc3ccccc3)NC(=O)c3ccco3)cc2)no1. The number of carbonyl (C=O) groups excluding carboxylic acids is 2. The number of nitrogens with one attached hydrogen (secondary N) is 2. The van der Waals surface area contributed by atoms with E-state index in [9.17, 15) is 9.59 Å². The predicted molar refractivity (Wildman–Crippen MR) is 127 cm³/mol. The van der Waals surface area contributed by atoms with Crippen molar-refractivity contribution in [2.24, 2.45) is 0 Å². The molecule has 2 heterocycles. The number of nitrogens with zero attached hydrogens (tertiary/aromatic N) is 2. The minimum Gasteiger partial charge on any atom is -0.459 e. The summed E-state index contributed by atoms with van der Waals surface area (Å²) in [5.74, 6) is 0.380. The molecule has 34 heavy (non-hydrogen) atoms. The lowest BCUT2D eigenvalue weighted by molar-refractivity contribution is -0.118. The zero-order chi connectivity index (χ0) is 24.1. The highest BCUT2D eigenvalue weighted by Gasteiger charge is 2.24. The second-order valence-electron chi connectivity index (χ2n) is 8.93. The molecule has 2 amide bonds. The molecule has 0 saturated carbocycles. The molecule has 2 aromatic heterocycles. The summed E-state index contributed by atoms with van der Waals surface area (Å²) in [5, 5.41) is 9.68. The number of anilines is 1. The molecule has 0 spiro atoms. The fourth-order valence-corrected chi connectivity index (χ4v) is 3.27. The summed E-state index contributed by atoms with van der Waals surface area (Å²) in [7, 11) is 0. The van der Waals surface area contributed by atoms with Gasteiger partial charge < -0.3 is 19.6 Å². The highest BCUT2D eigenvalue weighted by Crippen LogP contribution is 2.24. The van der Waals surface area contributed by atoms with Gasteiger partial charge in [-0.1, -0.05) is 56.3 Å². The molecule has 4 aromatic rings. The smallest absolute Gasteiger partial charge is 0.287 e. The highest BCUT2D eigenvalue weighted by molar-refractivity contribution is 6.00. The third-order valence-corrected chi connectivity index (χ3v) is 5.13. The van der Waals surface area contributed by atoms with Crippen LogP contribution in [0.5, 0.6) is 0 Å². The van der Waals surface area contributed by atoms with E-state index >= 15 is 0 Å². The molecule has 2 N–H and O–H groups in total. The summed E-state index contributed by atoms with van der Waals surface area (Å²) in [6.45, 7) is 6.00. The van der Waals surface area contributed by atoms with E-state index in [1.165, 1.54) is 6.26 Å². The third kappa shape index (κ3) is 5.58. The van der Waals surface area contributed by atoms with Gasteiger partial charge in [0.1, 0.15) is 6.04 Å². The maximum absolute atomic E-state index is 13.1. The van der Waals surface area contributed by atoms with Gasteiger partial charge in [-0.15, -0.1) is 0 Å². The first kappa shape index (κ1) is 23.0. The quantitative estimate of drug-likeness (QED) is 0.419. The number of aromatic nitrogens is 2.